The van der Waals surface area contributed by atoms with Gasteiger partial charge in [0.15, 0.2) is 0 Å². The highest BCUT2D eigenvalue weighted by Crippen LogP contribution is 2.50. The zero-order valence-corrected chi connectivity index (χ0v) is 18.5. The third-order valence-corrected chi connectivity index (χ3v) is 9.07. The standard InChI is InChI=1S/C22H36N4O2S/c1-2-28-21(27)25-12-7-22(16-25)14-18(15-22)24-10-5-17(6-11-24)26-9-3-4-19(26)20-23-8-13-29-20/h8,13,17-20,23H,2-7,9-12,14-16H2,1H3/t18?,19-,20?,22?/m1/s1. The van der Waals surface area contributed by atoms with E-state index in [2.05, 4.69) is 26.7 Å². The quantitative estimate of drug-likeness (QED) is 0.754. The summed E-state index contributed by atoms with van der Waals surface area (Å²) in [5, 5.41) is 6.33. The molecule has 5 aliphatic rings. The maximum absolute atomic E-state index is 12.0. The van der Waals surface area contributed by atoms with Crippen LogP contribution in [0.4, 0.5) is 4.79 Å². The van der Waals surface area contributed by atoms with Crippen LogP contribution in [-0.4, -0.2) is 83.6 Å². The largest absolute Gasteiger partial charge is 0.450 e. The van der Waals surface area contributed by atoms with Crippen molar-refractivity contribution in [3.05, 3.63) is 11.6 Å². The first-order valence-electron chi connectivity index (χ1n) is 11.7. The minimum absolute atomic E-state index is 0.112. The van der Waals surface area contributed by atoms with Gasteiger partial charge in [-0.15, -0.1) is 11.8 Å². The first-order chi connectivity index (χ1) is 14.2. The molecular weight excluding hydrogens is 384 g/mol. The number of thioether (sulfide) groups is 1. The van der Waals surface area contributed by atoms with Crippen molar-refractivity contribution in [3.63, 3.8) is 0 Å². The summed E-state index contributed by atoms with van der Waals surface area (Å²) < 4.78 is 5.20. The lowest BCUT2D eigenvalue weighted by atomic mass is 9.64. The Kier molecular flexibility index (Phi) is 5.73. The number of piperidine rings is 1. The van der Waals surface area contributed by atoms with Crippen LogP contribution in [0.1, 0.15) is 51.9 Å². The number of nitrogens with one attached hydrogen (secondary N) is 1. The minimum atomic E-state index is -0.112. The highest BCUT2D eigenvalue weighted by atomic mass is 32.2. The average Bonchev–Trinajstić information content (AvgIpc) is 3.47. The lowest BCUT2D eigenvalue weighted by Crippen LogP contribution is -2.57. The Morgan fingerprint density at radius 2 is 2.00 bits per heavy atom. The first-order valence-corrected chi connectivity index (χ1v) is 12.6. The fraction of sp³-hybridized carbons (Fsp3) is 0.864. The summed E-state index contributed by atoms with van der Waals surface area (Å²) in [5.41, 5.74) is 0.382. The molecule has 4 fully saturated rings. The number of rotatable bonds is 4. The van der Waals surface area contributed by atoms with Crippen molar-refractivity contribution in [2.24, 2.45) is 5.41 Å². The summed E-state index contributed by atoms with van der Waals surface area (Å²) in [4.78, 5) is 19.5. The van der Waals surface area contributed by atoms with Crippen molar-refractivity contribution in [1.29, 1.82) is 0 Å². The topological polar surface area (TPSA) is 48.1 Å². The average molecular weight is 421 g/mol. The highest BCUT2D eigenvalue weighted by Gasteiger charge is 2.51. The number of carbonyl (C=O) groups excluding carboxylic acids is 1. The van der Waals surface area contributed by atoms with Gasteiger partial charge in [0.2, 0.25) is 0 Å². The monoisotopic (exact) mass is 420 g/mol. The van der Waals surface area contributed by atoms with E-state index in [9.17, 15) is 4.79 Å². The molecule has 5 rings (SSSR count). The van der Waals surface area contributed by atoms with Gasteiger partial charge >= 0.3 is 6.09 Å². The van der Waals surface area contributed by atoms with Crippen LogP contribution in [0.2, 0.25) is 0 Å². The van der Waals surface area contributed by atoms with Crippen LogP contribution in [0.3, 0.4) is 0 Å². The molecule has 3 saturated heterocycles. The maximum Gasteiger partial charge on any atom is 0.409 e. The summed E-state index contributed by atoms with van der Waals surface area (Å²) in [6, 6.07) is 2.20. The lowest BCUT2D eigenvalue weighted by molar-refractivity contribution is -0.0174. The molecule has 1 unspecified atom stereocenters. The van der Waals surface area contributed by atoms with Gasteiger partial charge in [0.1, 0.15) is 0 Å². The molecule has 2 atom stereocenters. The Labute approximate surface area is 179 Å². The van der Waals surface area contributed by atoms with E-state index < -0.39 is 0 Å². The number of carbonyl (C=O) groups is 1. The number of ether oxygens (including phenoxy) is 1. The van der Waals surface area contributed by atoms with Crippen LogP contribution in [-0.2, 0) is 4.74 Å². The van der Waals surface area contributed by atoms with E-state index in [1.165, 1.54) is 58.2 Å². The normalized spacial score (nSPS) is 38.5. The lowest BCUT2D eigenvalue weighted by Gasteiger charge is -2.52. The third kappa shape index (κ3) is 3.90. The fourth-order valence-corrected chi connectivity index (χ4v) is 7.47. The van der Waals surface area contributed by atoms with E-state index in [0.717, 1.165) is 31.6 Å². The van der Waals surface area contributed by atoms with Crippen molar-refractivity contribution < 1.29 is 9.53 Å². The minimum Gasteiger partial charge on any atom is -0.450 e. The predicted octanol–water partition coefficient (Wildman–Crippen LogP) is 3.06. The zero-order chi connectivity index (χ0) is 19.8. The number of likely N-dealkylation sites (tertiary alicyclic amines) is 3. The molecule has 0 aromatic carbocycles. The smallest absolute Gasteiger partial charge is 0.409 e. The number of amides is 1. The van der Waals surface area contributed by atoms with Crippen LogP contribution < -0.4 is 5.32 Å². The molecule has 1 saturated carbocycles. The summed E-state index contributed by atoms with van der Waals surface area (Å²) in [6.45, 7) is 7.94. The molecule has 6 nitrogen and oxygen atoms in total. The van der Waals surface area contributed by atoms with Gasteiger partial charge in [-0.2, -0.15) is 0 Å². The molecule has 0 radical (unpaired) electrons. The maximum atomic E-state index is 12.0. The van der Waals surface area contributed by atoms with Gasteiger partial charge in [0.05, 0.1) is 12.0 Å². The van der Waals surface area contributed by atoms with E-state index >= 15 is 0 Å². The summed E-state index contributed by atoms with van der Waals surface area (Å²) in [5.74, 6) is 0. The molecule has 4 aliphatic heterocycles. The summed E-state index contributed by atoms with van der Waals surface area (Å²) in [6.07, 6.45) is 11.0. The molecule has 1 aliphatic carbocycles. The van der Waals surface area contributed by atoms with Gasteiger partial charge in [-0.05, 0) is 82.3 Å². The van der Waals surface area contributed by atoms with Gasteiger partial charge < -0.3 is 19.9 Å². The second kappa shape index (κ2) is 8.31. The molecule has 1 spiro atoms. The molecule has 7 heteroatoms. The Morgan fingerprint density at radius 3 is 2.72 bits per heavy atom. The first kappa shape index (κ1) is 20.0. The van der Waals surface area contributed by atoms with Gasteiger partial charge in [-0.1, -0.05) is 0 Å². The van der Waals surface area contributed by atoms with Crippen LogP contribution in [0.5, 0.6) is 0 Å². The van der Waals surface area contributed by atoms with E-state index in [-0.39, 0.29) is 6.09 Å². The van der Waals surface area contributed by atoms with Gasteiger partial charge in [-0.25, -0.2) is 4.79 Å². The Balaban J connectivity index is 1.08. The van der Waals surface area contributed by atoms with Gasteiger partial charge in [0, 0.05) is 37.4 Å². The molecule has 0 aromatic rings. The summed E-state index contributed by atoms with van der Waals surface area (Å²) >= 11 is 1.96. The molecule has 162 valence electrons. The molecule has 0 bridgehead atoms. The number of nitrogens with zero attached hydrogens (tertiary/aromatic N) is 3. The Hall–Kier alpha value is -0.920. The van der Waals surface area contributed by atoms with Gasteiger partial charge in [-0.3, -0.25) is 4.90 Å². The van der Waals surface area contributed by atoms with Crippen molar-refractivity contribution in [2.45, 2.75) is 75.4 Å². The van der Waals surface area contributed by atoms with Gasteiger partial charge in [0.25, 0.3) is 0 Å². The second-order valence-corrected chi connectivity index (χ2v) is 10.7. The Morgan fingerprint density at radius 1 is 1.17 bits per heavy atom. The number of hydrogen-bond donors (Lipinski definition) is 1. The third-order valence-electron chi connectivity index (χ3n) is 8.03. The molecule has 1 amide bonds. The molecule has 29 heavy (non-hydrogen) atoms. The van der Waals surface area contributed by atoms with E-state index in [1.54, 1.807) is 0 Å². The summed E-state index contributed by atoms with van der Waals surface area (Å²) in [7, 11) is 0. The van der Waals surface area contributed by atoms with Crippen molar-refractivity contribution in [3.8, 4) is 0 Å². The van der Waals surface area contributed by atoms with Crippen LogP contribution >= 0.6 is 11.8 Å². The fourth-order valence-electron chi connectivity index (χ4n) is 6.51. The zero-order valence-electron chi connectivity index (χ0n) is 17.7. The Bertz CT molecular complexity index is 622. The van der Waals surface area contributed by atoms with Crippen LogP contribution in [0.25, 0.3) is 0 Å². The van der Waals surface area contributed by atoms with Crippen molar-refractivity contribution in [1.82, 2.24) is 20.0 Å². The van der Waals surface area contributed by atoms with E-state index in [4.69, 9.17) is 4.74 Å². The van der Waals surface area contributed by atoms with Crippen molar-refractivity contribution >= 4 is 17.9 Å². The molecule has 0 aromatic heterocycles. The SMILES string of the molecule is CCOC(=O)N1CCC2(CC(N3CCC(N4CCC[C@@H]4C4NC=CS4)CC3)C2)C1. The highest BCUT2D eigenvalue weighted by molar-refractivity contribution is 8.03. The molecule has 1 N–H and O–H groups in total. The van der Waals surface area contributed by atoms with Crippen molar-refractivity contribution in [2.75, 3.05) is 39.3 Å². The van der Waals surface area contributed by atoms with Crippen LogP contribution in [0.15, 0.2) is 11.6 Å². The number of hydrogen-bond acceptors (Lipinski definition) is 6. The predicted molar refractivity (Wildman–Crippen MR) is 117 cm³/mol. The molecular formula is C22H36N4O2S. The second-order valence-electron chi connectivity index (χ2n) is 9.67. The van der Waals surface area contributed by atoms with E-state index in [1.807, 2.05) is 23.6 Å². The van der Waals surface area contributed by atoms with E-state index in [0.29, 0.717) is 23.4 Å². The molecule has 4 heterocycles. The van der Waals surface area contributed by atoms with Crippen LogP contribution in [0, 0.1) is 5.41 Å².